The van der Waals surface area contributed by atoms with Crippen molar-refractivity contribution in [2.45, 2.75) is 0 Å². The van der Waals surface area contributed by atoms with Crippen molar-refractivity contribution in [1.29, 1.82) is 0 Å². The highest BCUT2D eigenvalue weighted by atomic mass is 32.1. The van der Waals surface area contributed by atoms with Gasteiger partial charge in [-0.15, -0.1) is 4.37 Å². The predicted molar refractivity (Wildman–Crippen MR) is 61.4 cm³/mol. The summed E-state index contributed by atoms with van der Waals surface area (Å²) in [6.07, 6.45) is 0. The van der Waals surface area contributed by atoms with Gasteiger partial charge in [-0.25, -0.2) is 9.78 Å². The van der Waals surface area contributed by atoms with Crippen LogP contribution in [-0.4, -0.2) is 9.36 Å². The van der Waals surface area contributed by atoms with Crippen LogP contribution in [0.2, 0.25) is 0 Å². The second-order valence-corrected chi connectivity index (χ2v) is 3.93. The van der Waals surface area contributed by atoms with Gasteiger partial charge in [0.25, 0.3) is 5.89 Å². The van der Waals surface area contributed by atoms with E-state index in [9.17, 15) is 4.79 Å². The van der Waals surface area contributed by atoms with Gasteiger partial charge in [0.05, 0.1) is 17.0 Å². The van der Waals surface area contributed by atoms with E-state index in [1.54, 1.807) is 6.07 Å². The van der Waals surface area contributed by atoms with Crippen LogP contribution >= 0.6 is 11.5 Å². The molecule has 0 N–H and O–H groups in total. The molecule has 0 saturated carbocycles. The fraction of sp³-hybridized carbons (Fsp3) is 0. The van der Waals surface area contributed by atoms with Crippen LogP contribution in [0.3, 0.4) is 0 Å². The maximum absolute atomic E-state index is 10.9. The van der Waals surface area contributed by atoms with Crippen molar-refractivity contribution in [1.82, 2.24) is 9.36 Å². The molecule has 3 aromatic rings. The summed E-state index contributed by atoms with van der Waals surface area (Å²) >= 11 is 0.792. The average Bonchev–Trinajstić information content (AvgIpc) is 2.75. The fourth-order valence-electron chi connectivity index (χ4n) is 1.48. The standard InChI is InChI=1S/C11H6N2O2S/c14-11-15-10(13-16-11)9-6-5-7-3-1-2-4-8(7)12-9/h1-6H. The molecular formula is C11H6N2O2S. The highest BCUT2D eigenvalue weighted by Crippen LogP contribution is 2.18. The van der Waals surface area contributed by atoms with Crippen LogP contribution in [0.15, 0.2) is 45.6 Å². The molecule has 0 spiro atoms. The van der Waals surface area contributed by atoms with Gasteiger partial charge < -0.3 is 4.42 Å². The lowest BCUT2D eigenvalue weighted by Crippen LogP contribution is -1.86. The van der Waals surface area contributed by atoms with E-state index in [1.165, 1.54) is 0 Å². The first-order chi connectivity index (χ1) is 7.83. The van der Waals surface area contributed by atoms with E-state index in [0.29, 0.717) is 5.69 Å². The Morgan fingerprint density at radius 3 is 2.81 bits per heavy atom. The van der Waals surface area contributed by atoms with Gasteiger partial charge in [0.2, 0.25) is 0 Å². The largest absolute Gasteiger partial charge is 0.414 e. The number of nitrogens with zero attached hydrogens (tertiary/aromatic N) is 2. The number of hydrogen-bond acceptors (Lipinski definition) is 5. The van der Waals surface area contributed by atoms with Gasteiger partial charge in [-0.1, -0.05) is 24.3 Å². The highest BCUT2D eigenvalue weighted by molar-refractivity contribution is 7.02. The van der Waals surface area contributed by atoms with Crippen molar-refractivity contribution < 1.29 is 4.42 Å². The summed E-state index contributed by atoms with van der Waals surface area (Å²) in [4.78, 5) is 14.8. The molecule has 0 atom stereocenters. The van der Waals surface area contributed by atoms with E-state index in [-0.39, 0.29) is 5.89 Å². The summed E-state index contributed by atoms with van der Waals surface area (Å²) in [5, 5.41) is 1.05. The summed E-state index contributed by atoms with van der Waals surface area (Å²) in [6.45, 7) is 0. The molecule has 0 fully saturated rings. The maximum Gasteiger partial charge on any atom is 0.414 e. The van der Waals surface area contributed by atoms with Crippen molar-refractivity contribution in [3.63, 3.8) is 0 Å². The summed E-state index contributed by atoms with van der Waals surface area (Å²) in [5.41, 5.74) is 1.44. The van der Waals surface area contributed by atoms with E-state index < -0.39 is 4.94 Å². The molecule has 78 valence electrons. The molecule has 0 unspecified atom stereocenters. The normalized spacial score (nSPS) is 10.8. The Labute approximate surface area is 94.4 Å². The van der Waals surface area contributed by atoms with Crippen LogP contribution in [0, 0.1) is 0 Å². The van der Waals surface area contributed by atoms with Gasteiger partial charge in [0.1, 0.15) is 5.69 Å². The van der Waals surface area contributed by atoms with Crippen LogP contribution < -0.4 is 4.94 Å². The van der Waals surface area contributed by atoms with Crippen LogP contribution in [0.4, 0.5) is 0 Å². The lowest BCUT2D eigenvalue weighted by Gasteiger charge is -1.97. The molecule has 2 heterocycles. The zero-order valence-corrected chi connectivity index (χ0v) is 8.90. The molecule has 4 nitrogen and oxygen atoms in total. The highest BCUT2D eigenvalue weighted by Gasteiger charge is 2.07. The second kappa shape index (κ2) is 3.53. The van der Waals surface area contributed by atoms with Crippen molar-refractivity contribution in [2.75, 3.05) is 0 Å². The number of benzene rings is 1. The molecule has 0 bridgehead atoms. The molecule has 0 aliphatic heterocycles. The third-order valence-corrected chi connectivity index (χ3v) is 2.69. The first-order valence-electron chi connectivity index (χ1n) is 4.66. The van der Waals surface area contributed by atoms with E-state index in [4.69, 9.17) is 4.42 Å². The minimum atomic E-state index is -0.412. The van der Waals surface area contributed by atoms with Gasteiger partial charge in [-0.2, -0.15) is 0 Å². The third kappa shape index (κ3) is 1.51. The number of aromatic nitrogens is 2. The zero-order valence-electron chi connectivity index (χ0n) is 8.08. The Hall–Kier alpha value is -2.01. The Kier molecular flexibility index (Phi) is 2.04. The van der Waals surface area contributed by atoms with Crippen LogP contribution in [-0.2, 0) is 0 Å². The third-order valence-electron chi connectivity index (χ3n) is 2.20. The first kappa shape index (κ1) is 9.23. The van der Waals surface area contributed by atoms with Gasteiger partial charge >= 0.3 is 4.94 Å². The smallest absolute Gasteiger partial charge is 0.392 e. The topological polar surface area (TPSA) is 56.0 Å². The zero-order chi connectivity index (χ0) is 11.0. The Morgan fingerprint density at radius 2 is 2.00 bits per heavy atom. The van der Waals surface area contributed by atoms with Crippen molar-refractivity contribution in [2.24, 2.45) is 0 Å². The van der Waals surface area contributed by atoms with Crippen molar-refractivity contribution in [3.8, 4) is 11.6 Å². The number of para-hydroxylation sites is 1. The second-order valence-electron chi connectivity index (χ2n) is 3.23. The summed E-state index contributed by atoms with van der Waals surface area (Å²) in [6, 6.07) is 11.5. The van der Waals surface area contributed by atoms with Gasteiger partial charge in [-0.3, -0.25) is 0 Å². The molecule has 0 saturated heterocycles. The van der Waals surface area contributed by atoms with Crippen LogP contribution in [0.1, 0.15) is 0 Å². The average molecular weight is 230 g/mol. The lowest BCUT2D eigenvalue weighted by molar-refractivity contribution is 0.541. The number of rotatable bonds is 1. The molecule has 1 aromatic carbocycles. The van der Waals surface area contributed by atoms with Crippen LogP contribution in [0.25, 0.3) is 22.5 Å². The molecule has 0 amide bonds. The Morgan fingerprint density at radius 1 is 1.12 bits per heavy atom. The summed E-state index contributed by atoms with van der Waals surface area (Å²) < 4.78 is 8.80. The van der Waals surface area contributed by atoms with E-state index >= 15 is 0 Å². The molecule has 5 heteroatoms. The number of pyridine rings is 1. The molecule has 3 rings (SSSR count). The number of hydrogen-bond donors (Lipinski definition) is 0. The Bertz CT molecular complexity index is 702. The maximum atomic E-state index is 10.9. The molecule has 2 aromatic heterocycles. The Balaban J connectivity index is 2.22. The molecule has 0 radical (unpaired) electrons. The fourth-order valence-corrected chi connectivity index (χ4v) is 1.88. The van der Waals surface area contributed by atoms with E-state index in [1.807, 2.05) is 30.3 Å². The molecular weight excluding hydrogens is 224 g/mol. The molecule has 0 aliphatic rings. The van der Waals surface area contributed by atoms with Crippen molar-refractivity contribution in [3.05, 3.63) is 46.1 Å². The SMILES string of the molecule is O=c1oc(-c2ccc3ccccc3n2)ns1. The van der Waals surface area contributed by atoms with Gasteiger partial charge in [0.15, 0.2) is 0 Å². The minimum absolute atomic E-state index is 0.278. The molecule has 16 heavy (non-hydrogen) atoms. The van der Waals surface area contributed by atoms with Crippen LogP contribution in [0.5, 0.6) is 0 Å². The van der Waals surface area contributed by atoms with E-state index in [0.717, 1.165) is 22.4 Å². The van der Waals surface area contributed by atoms with Gasteiger partial charge in [-0.05, 0) is 12.1 Å². The van der Waals surface area contributed by atoms with Gasteiger partial charge in [0, 0.05) is 5.39 Å². The quantitative estimate of drug-likeness (QED) is 0.643. The van der Waals surface area contributed by atoms with E-state index in [2.05, 4.69) is 9.36 Å². The lowest BCUT2D eigenvalue weighted by atomic mass is 10.2. The summed E-state index contributed by atoms with van der Waals surface area (Å²) in [5.74, 6) is 0.278. The summed E-state index contributed by atoms with van der Waals surface area (Å²) in [7, 11) is 0. The van der Waals surface area contributed by atoms with Crippen molar-refractivity contribution >= 4 is 22.4 Å². The number of fused-ring (bicyclic) bond motifs is 1. The molecule has 0 aliphatic carbocycles. The first-order valence-corrected chi connectivity index (χ1v) is 5.43. The minimum Gasteiger partial charge on any atom is -0.392 e. The predicted octanol–water partition coefficient (Wildman–Crippen LogP) is 2.31. The monoisotopic (exact) mass is 230 g/mol.